The molecular weight excluding hydrogens is 829 g/mol. The van der Waals surface area contributed by atoms with Crippen molar-refractivity contribution in [2.45, 2.75) is 309 Å². The molecule has 0 heterocycles. The van der Waals surface area contributed by atoms with Crippen LogP contribution in [0.15, 0.2) is 48.6 Å². The molecule has 0 fully saturated rings. The summed E-state index contributed by atoms with van der Waals surface area (Å²) in [4.78, 5) is 38.1. The summed E-state index contributed by atoms with van der Waals surface area (Å²) in [5.41, 5.74) is 0. The molecule has 1 atom stereocenters. The van der Waals surface area contributed by atoms with E-state index in [4.69, 9.17) is 14.2 Å². The van der Waals surface area contributed by atoms with E-state index in [0.29, 0.717) is 19.3 Å². The fourth-order valence-electron chi connectivity index (χ4n) is 8.50. The Labute approximate surface area is 416 Å². The van der Waals surface area contributed by atoms with Crippen molar-refractivity contribution in [1.29, 1.82) is 0 Å². The largest absolute Gasteiger partial charge is 0.462 e. The van der Waals surface area contributed by atoms with Gasteiger partial charge in [0, 0.05) is 19.3 Å². The SMILES string of the molecule is CC\C=C/C=C\C=C/CCCCCCCC(=O)OCC(COC(=O)CCCCCCCCCCCCCCCCCCCCC)OC(=O)CCCCCCCCC/C=C\CCCCCCCC. The van der Waals surface area contributed by atoms with E-state index in [1.54, 1.807) is 0 Å². The molecule has 390 valence electrons. The number of rotatable bonds is 53. The van der Waals surface area contributed by atoms with Gasteiger partial charge in [0.2, 0.25) is 0 Å². The number of esters is 3. The number of carbonyl (C=O) groups excluding carboxylic acids is 3. The molecule has 0 aliphatic heterocycles. The standard InChI is InChI=1S/C61H110O6/c1-4-7-10-13-16-19-22-25-27-29-30-32-33-36-39-42-45-48-51-54-60(63)66-57-58(56-65-59(62)53-50-47-44-41-38-35-24-21-18-15-12-9-6-3)67-61(64)55-52-49-46-43-40-37-34-31-28-26-23-20-17-14-11-8-5-2/h9,12,15,18,21,24,26,28,58H,4-8,10-11,13-14,16-17,19-20,22-23,25,27,29-57H2,1-3H3/b12-9-,18-15-,24-21-,28-26-. The topological polar surface area (TPSA) is 78.9 Å². The second-order valence-electron chi connectivity index (χ2n) is 19.6. The van der Waals surface area contributed by atoms with Crippen LogP contribution in [0.3, 0.4) is 0 Å². The van der Waals surface area contributed by atoms with E-state index in [1.165, 1.54) is 180 Å². The summed E-state index contributed by atoms with van der Waals surface area (Å²) < 4.78 is 16.9. The van der Waals surface area contributed by atoms with Crippen LogP contribution in [0, 0.1) is 0 Å². The van der Waals surface area contributed by atoms with Gasteiger partial charge in [0.15, 0.2) is 6.10 Å². The first-order chi connectivity index (χ1) is 33.0. The Morgan fingerprint density at radius 2 is 0.597 bits per heavy atom. The molecule has 1 unspecified atom stereocenters. The number of unbranched alkanes of at least 4 members (excludes halogenated alkanes) is 36. The van der Waals surface area contributed by atoms with Crippen LogP contribution in [0.25, 0.3) is 0 Å². The highest BCUT2D eigenvalue weighted by Gasteiger charge is 2.19. The van der Waals surface area contributed by atoms with Crippen molar-refractivity contribution in [3.63, 3.8) is 0 Å². The number of allylic oxidation sites excluding steroid dienone is 8. The summed E-state index contributed by atoms with van der Waals surface area (Å²) in [6, 6.07) is 0. The molecule has 0 amide bonds. The molecule has 0 spiro atoms. The third kappa shape index (κ3) is 54.2. The van der Waals surface area contributed by atoms with Crippen molar-refractivity contribution in [2.24, 2.45) is 0 Å². The van der Waals surface area contributed by atoms with Gasteiger partial charge in [-0.05, 0) is 64.2 Å². The summed E-state index contributed by atoms with van der Waals surface area (Å²) in [5.74, 6) is -0.889. The molecule has 0 saturated heterocycles. The normalized spacial score (nSPS) is 12.3. The van der Waals surface area contributed by atoms with Crippen molar-refractivity contribution in [2.75, 3.05) is 13.2 Å². The Hall–Kier alpha value is -2.63. The van der Waals surface area contributed by atoms with Gasteiger partial charge in [-0.25, -0.2) is 0 Å². The third-order valence-electron chi connectivity index (χ3n) is 12.9. The lowest BCUT2D eigenvalue weighted by atomic mass is 10.0. The maximum absolute atomic E-state index is 12.9. The van der Waals surface area contributed by atoms with Gasteiger partial charge in [-0.1, -0.05) is 268 Å². The summed E-state index contributed by atoms with van der Waals surface area (Å²) in [5, 5.41) is 0. The van der Waals surface area contributed by atoms with Crippen LogP contribution in [0.4, 0.5) is 0 Å². The number of hydrogen-bond donors (Lipinski definition) is 0. The molecule has 6 heteroatoms. The Balaban J connectivity index is 4.33. The first-order valence-electron chi connectivity index (χ1n) is 29.2. The molecule has 0 radical (unpaired) electrons. The maximum atomic E-state index is 12.9. The average Bonchev–Trinajstić information content (AvgIpc) is 3.33. The monoisotopic (exact) mass is 939 g/mol. The fraction of sp³-hybridized carbons (Fsp3) is 0.820. The molecule has 0 aliphatic rings. The van der Waals surface area contributed by atoms with Crippen LogP contribution in [-0.2, 0) is 28.6 Å². The van der Waals surface area contributed by atoms with Gasteiger partial charge < -0.3 is 14.2 Å². The zero-order valence-electron chi connectivity index (χ0n) is 44.7. The van der Waals surface area contributed by atoms with Gasteiger partial charge in [-0.15, -0.1) is 0 Å². The molecule has 67 heavy (non-hydrogen) atoms. The second kappa shape index (κ2) is 56.0. The lowest BCUT2D eigenvalue weighted by molar-refractivity contribution is -0.167. The van der Waals surface area contributed by atoms with E-state index in [1.807, 2.05) is 0 Å². The van der Waals surface area contributed by atoms with Crippen LogP contribution in [0.1, 0.15) is 303 Å². The molecular formula is C61H110O6. The first kappa shape index (κ1) is 64.4. The zero-order chi connectivity index (χ0) is 48.6. The van der Waals surface area contributed by atoms with Gasteiger partial charge >= 0.3 is 17.9 Å². The highest BCUT2D eigenvalue weighted by molar-refractivity contribution is 5.71. The lowest BCUT2D eigenvalue weighted by Gasteiger charge is -2.18. The summed E-state index contributed by atoms with van der Waals surface area (Å²) >= 11 is 0. The lowest BCUT2D eigenvalue weighted by Crippen LogP contribution is -2.30. The molecule has 0 aromatic heterocycles. The predicted molar refractivity (Wildman–Crippen MR) is 289 cm³/mol. The molecule has 0 saturated carbocycles. The minimum absolute atomic E-state index is 0.0785. The first-order valence-corrected chi connectivity index (χ1v) is 29.2. The van der Waals surface area contributed by atoms with Crippen LogP contribution in [-0.4, -0.2) is 37.2 Å². The molecule has 0 rings (SSSR count). The van der Waals surface area contributed by atoms with E-state index < -0.39 is 6.10 Å². The summed E-state index contributed by atoms with van der Waals surface area (Å²) in [6.07, 6.45) is 68.2. The Bertz CT molecular complexity index is 1170. The van der Waals surface area contributed by atoms with Crippen molar-refractivity contribution in [3.05, 3.63) is 48.6 Å². The number of ether oxygens (including phenoxy) is 3. The smallest absolute Gasteiger partial charge is 0.306 e. The molecule has 0 aliphatic carbocycles. The van der Waals surface area contributed by atoms with E-state index >= 15 is 0 Å². The van der Waals surface area contributed by atoms with E-state index in [0.717, 1.165) is 83.5 Å². The van der Waals surface area contributed by atoms with Gasteiger partial charge in [0.05, 0.1) is 0 Å². The van der Waals surface area contributed by atoms with Gasteiger partial charge in [-0.3, -0.25) is 14.4 Å². The minimum atomic E-state index is -0.782. The Morgan fingerprint density at radius 3 is 0.940 bits per heavy atom. The van der Waals surface area contributed by atoms with Crippen LogP contribution >= 0.6 is 0 Å². The molecule has 0 aromatic carbocycles. The van der Waals surface area contributed by atoms with Crippen LogP contribution in [0.2, 0.25) is 0 Å². The van der Waals surface area contributed by atoms with Gasteiger partial charge in [0.1, 0.15) is 13.2 Å². The number of hydrogen-bond acceptors (Lipinski definition) is 6. The Morgan fingerprint density at radius 1 is 0.313 bits per heavy atom. The van der Waals surface area contributed by atoms with E-state index in [9.17, 15) is 14.4 Å². The van der Waals surface area contributed by atoms with E-state index in [2.05, 4.69) is 69.4 Å². The summed E-state index contributed by atoms with van der Waals surface area (Å²) in [6.45, 7) is 6.52. The maximum Gasteiger partial charge on any atom is 0.306 e. The zero-order valence-corrected chi connectivity index (χ0v) is 44.7. The number of carbonyl (C=O) groups is 3. The molecule has 0 aromatic rings. The minimum Gasteiger partial charge on any atom is -0.462 e. The van der Waals surface area contributed by atoms with Crippen molar-refractivity contribution >= 4 is 17.9 Å². The molecule has 0 N–H and O–H groups in total. The predicted octanol–water partition coefficient (Wildman–Crippen LogP) is 19.4. The van der Waals surface area contributed by atoms with Gasteiger partial charge in [-0.2, -0.15) is 0 Å². The highest BCUT2D eigenvalue weighted by Crippen LogP contribution is 2.17. The van der Waals surface area contributed by atoms with Crippen molar-refractivity contribution in [1.82, 2.24) is 0 Å². The fourth-order valence-corrected chi connectivity index (χ4v) is 8.50. The Kier molecular flexibility index (Phi) is 53.8. The van der Waals surface area contributed by atoms with E-state index in [-0.39, 0.29) is 31.1 Å². The van der Waals surface area contributed by atoms with Crippen molar-refractivity contribution in [3.8, 4) is 0 Å². The average molecular weight is 940 g/mol. The quantitative estimate of drug-likeness (QED) is 0.0199. The molecule has 0 bridgehead atoms. The highest BCUT2D eigenvalue weighted by atomic mass is 16.6. The molecule has 6 nitrogen and oxygen atoms in total. The van der Waals surface area contributed by atoms with Gasteiger partial charge in [0.25, 0.3) is 0 Å². The second-order valence-corrected chi connectivity index (χ2v) is 19.6. The van der Waals surface area contributed by atoms with Crippen LogP contribution in [0.5, 0.6) is 0 Å². The third-order valence-corrected chi connectivity index (χ3v) is 12.9. The van der Waals surface area contributed by atoms with Crippen LogP contribution < -0.4 is 0 Å². The van der Waals surface area contributed by atoms with Crippen molar-refractivity contribution < 1.29 is 28.6 Å². The summed E-state index contributed by atoms with van der Waals surface area (Å²) in [7, 11) is 0.